The molecule has 1 aliphatic heterocycles. The smallest absolute Gasteiger partial charge is 0.278 e. The molecule has 0 saturated carbocycles. The number of nitrogens with zero attached hydrogens (tertiary/aromatic N) is 1. The van der Waals surface area contributed by atoms with Gasteiger partial charge in [0.25, 0.3) is 11.8 Å². The Morgan fingerprint density at radius 1 is 0.968 bits per heavy atom. The van der Waals surface area contributed by atoms with Gasteiger partial charge in [-0.15, -0.1) is 0 Å². The quantitative estimate of drug-likeness (QED) is 0.664. The van der Waals surface area contributed by atoms with Crippen molar-refractivity contribution in [2.75, 3.05) is 24.9 Å². The van der Waals surface area contributed by atoms with Crippen LogP contribution in [-0.2, 0) is 14.4 Å². The minimum atomic E-state index is -0.418. The van der Waals surface area contributed by atoms with Gasteiger partial charge in [-0.05, 0) is 43.7 Å². The van der Waals surface area contributed by atoms with E-state index in [0.717, 1.165) is 0 Å². The highest BCUT2D eigenvalue weighted by atomic mass is 16.5. The normalized spacial score (nSPS) is 13.7. The Morgan fingerprint density at radius 3 is 2.19 bits per heavy atom. The zero-order valence-corrected chi connectivity index (χ0v) is 18.1. The number of amides is 3. The number of imide groups is 1. The van der Waals surface area contributed by atoms with Crippen LogP contribution in [0.5, 0.6) is 11.5 Å². The Morgan fingerprint density at radius 2 is 1.65 bits per heavy atom. The number of carbonyl (C=O) groups excluding carboxylic acids is 3. The van der Waals surface area contributed by atoms with Crippen LogP contribution in [-0.4, -0.2) is 42.9 Å². The third-order valence-electron chi connectivity index (χ3n) is 4.79. The van der Waals surface area contributed by atoms with E-state index in [1.165, 1.54) is 18.9 Å². The standard InChI is InChI=1S/C23H25N3O5/c1-13(2)26-22(28)20(15-6-8-16(9-7-15)24-14(3)27)21(23(26)29)25-18-11-10-17(30-4)12-19(18)31-5/h6-13,25H,1-5H3,(H,24,27). The van der Waals surface area contributed by atoms with Crippen LogP contribution in [0.25, 0.3) is 5.57 Å². The molecule has 0 bridgehead atoms. The van der Waals surface area contributed by atoms with E-state index in [-0.39, 0.29) is 29.1 Å². The highest BCUT2D eigenvalue weighted by molar-refractivity contribution is 6.36. The largest absolute Gasteiger partial charge is 0.497 e. The Labute approximate surface area is 180 Å². The molecule has 3 rings (SSSR count). The van der Waals surface area contributed by atoms with Crippen LogP contribution in [0.1, 0.15) is 26.3 Å². The van der Waals surface area contributed by atoms with E-state index in [1.807, 2.05) is 0 Å². The Bertz CT molecular complexity index is 1060. The molecule has 0 atom stereocenters. The van der Waals surface area contributed by atoms with Crippen molar-refractivity contribution in [1.29, 1.82) is 0 Å². The van der Waals surface area contributed by atoms with Crippen molar-refractivity contribution in [3.05, 3.63) is 53.7 Å². The molecule has 0 aromatic heterocycles. The molecule has 0 aliphatic carbocycles. The van der Waals surface area contributed by atoms with E-state index in [1.54, 1.807) is 63.4 Å². The maximum atomic E-state index is 13.2. The van der Waals surface area contributed by atoms with Crippen molar-refractivity contribution in [2.45, 2.75) is 26.8 Å². The summed E-state index contributed by atoms with van der Waals surface area (Å²) in [5.74, 6) is 0.0679. The van der Waals surface area contributed by atoms with E-state index >= 15 is 0 Å². The molecular formula is C23H25N3O5. The van der Waals surface area contributed by atoms with Crippen molar-refractivity contribution in [3.63, 3.8) is 0 Å². The molecule has 0 spiro atoms. The lowest BCUT2D eigenvalue weighted by Gasteiger charge is -2.19. The van der Waals surface area contributed by atoms with Gasteiger partial charge in [0.2, 0.25) is 5.91 Å². The van der Waals surface area contributed by atoms with Crippen LogP contribution in [0, 0.1) is 0 Å². The second kappa shape index (κ2) is 8.91. The van der Waals surface area contributed by atoms with Gasteiger partial charge >= 0.3 is 0 Å². The molecule has 0 fully saturated rings. The van der Waals surface area contributed by atoms with Crippen LogP contribution in [0.2, 0.25) is 0 Å². The highest BCUT2D eigenvalue weighted by Crippen LogP contribution is 2.35. The predicted molar refractivity (Wildman–Crippen MR) is 118 cm³/mol. The number of hydrogen-bond donors (Lipinski definition) is 2. The molecule has 31 heavy (non-hydrogen) atoms. The average molecular weight is 423 g/mol. The summed E-state index contributed by atoms with van der Waals surface area (Å²) in [4.78, 5) is 38.8. The zero-order chi connectivity index (χ0) is 22.7. The van der Waals surface area contributed by atoms with E-state index in [4.69, 9.17) is 9.47 Å². The first-order valence-electron chi connectivity index (χ1n) is 9.76. The fourth-order valence-corrected chi connectivity index (χ4v) is 3.36. The van der Waals surface area contributed by atoms with Crippen LogP contribution < -0.4 is 20.1 Å². The Hall–Kier alpha value is -3.81. The lowest BCUT2D eigenvalue weighted by atomic mass is 10.0. The summed E-state index contributed by atoms with van der Waals surface area (Å²) in [7, 11) is 3.06. The molecule has 162 valence electrons. The number of carbonyl (C=O) groups is 3. The molecule has 2 N–H and O–H groups in total. The van der Waals surface area contributed by atoms with Crippen molar-refractivity contribution in [1.82, 2.24) is 4.90 Å². The number of nitrogens with one attached hydrogen (secondary N) is 2. The number of hydrogen-bond acceptors (Lipinski definition) is 6. The maximum absolute atomic E-state index is 13.2. The molecule has 0 unspecified atom stereocenters. The summed E-state index contributed by atoms with van der Waals surface area (Å²) in [5.41, 5.74) is 2.10. The number of rotatable bonds is 7. The number of anilines is 2. The molecule has 8 heteroatoms. The summed E-state index contributed by atoms with van der Waals surface area (Å²) in [5, 5.41) is 5.77. The fourth-order valence-electron chi connectivity index (χ4n) is 3.36. The average Bonchev–Trinajstić information content (AvgIpc) is 2.98. The lowest BCUT2D eigenvalue weighted by Crippen LogP contribution is -2.38. The van der Waals surface area contributed by atoms with Crippen molar-refractivity contribution in [3.8, 4) is 11.5 Å². The summed E-state index contributed by atoms with van der Waals surface area (Å²) in [6.45, 7) is 4.98. The first kappa shape index (κ1) is 21.9. The van der Waals surface area contributed by atoms with E-state index in [9.17, 15) is 14.4 Å². The molecule has 1 aliphatic rings. The first-order valence-corrected chi connectivity index (χ1v) is 9.76. The second-order valence-electron chi connectivity index (χ2n) is 7.27. The summed E-state index contributed by atoms with van der Waals surface area (Å²) in [6.07, 6.45) is 0. The van der Waals surface area contributed by atoms with Gasteiger partial charge in [-0.1, -0.05) is 12.1 Å². The van der Waals surface area contributed by atoms with E-state index < -0.39 is 5.91 Å². The number of methoxy groups -OCH3 is 2. The van der Waals surface area contributed by atoms with Crippen molar-refractivity contribution < 1.29 is 23.9 Å². The van der Waals surface area contributed by atoms with Crippen LogP contribution in [0.3, 0.4) is 0 Å². The first-order chi connectivity index (χ1) is 14.8. The monoisotopic (exact) mass is 423 g/mol. The minimum absolute atomic E-state index is 0.162. The van der Waals surface area contributed by atoms with Gasteiger partial charge in [0, 0.05) is 24.7 Å². The third kappa shape index (κ3) is 4.37. The molecule has 0 radical (unpaired) electrons. The van der Waals surface area contributed by atoms with E-state index in [0.29, 0.717) is 28.4 Å². The van der Waals surface area contributed by atoms with Crippen LogP contribution in [0.15, 0.2) is 48.2 Å². The van der Waals surface area contributed by atoms with E-state index in [2.05, 4.69) is 10.6 Å². The van der Waals surface area contributed by atoms with Crippen LogP contribution in [0.4, 0.5) is 11.4 Å². The Balaban J connectivity index is 2.07. The highest BCUT2D eigenvalue weighted by Gasteiger charge is 2.40. The predicted octanol–water partition coefficient (Wildman–Crippen LogP) is 3.26. The fraction of sp³-hybridized carbons (Fsp3) is 0.261. The van der Waals surface area contributed by atoms with Gasteiger partial charge in [0.15, 0.2) is 0 Å². The topological polar surface area (TPSA) is 97.0 Å². The van der Waals surface area contributed by atoms with Gasteiger partial charge in [-0.2, -0.15) is 0 Å². The zero-order valence-electron chi connectivity index (χ0n) is 18.1. The summed E-state index contributed by atoms with van der Waals surface area (Å²) >= 11 is 0. The Kier molecular flexibility index (Phi) is 6.29. The molecule has 3 amide bonds. The van der Waals surface area contributed by atoms with Gasteiger partial charge < -0.3 is 20.1 Å². The van der Waals surface area contributed by atoms with Gasteiger partial charge in [0.05, 0.1) is 25.5 Å². The molecule has 0 saturated heterocycles. The second-order valence-corrected chi connectivity index (χ2v) is 7.27. The minimum Gasteiger partial charge on any atom is -0.497 e. The molecule has 1 heterocycles. The van der Waals surface area contributed by atoms with Gasteiger partial charge in [-0.25, -0.2) is 0 Å². The van der Waals surface area contributed by atoms with Crippen molar-refractivity contribution >= 4 is 34.7 Å². The lowest BCUT2D eigenvalue weighted by molar-refractivity contribution is -0.138. The number of ether oxygens (including phenoxy) is 2. The van der Waals surface area contributed by atoms with Gasteiger partial charge in [0.1, 0.15) is 17.2 Å². The molecule has 8 nitrogen and oxygen atoms in total. The molecule has 2 aromatic rings. The summed E-state index contributed by atoms with van der Waals surface area (Å²) in [6, 6.07) is 11.6. The SMILES string of the molecule is COc1ccc(NC2=C(c3ccc(NC(C)=O)cc3)C(=O)N(C(C)C)C2=O)c(OC)c1. The van der Waals surface area contributed by atoms with Gasteiger partial charge in [-0.3, -0.25) is 19.3 Å². The molecular weight excluding hydrogens is 398 g/mol. The maximum Gasteiger partial charge on any atom is 0.278 e. The van der Waals surface area contributed by atoms with Crippen LogP contribution >= 0.6 is 0 Å². The number of benzene rings is 2. The van der Waals surface area contributed by atoms with Crippen molar-refractivity contribution in [2.24, 2.45) is 0 Å². The third-order valence-corrected chi connectivity index (χ3v) is 4.79. The summed E-state index contributed by atoms with van der Waals surface area (Å²) < 4.78 is 10.6. The molecule has 2 aromatic carbocycles.